The molecule has 13 heavy (non-hydrogen) atoms. The highest BCUT2D eigenvalue weighted by molar-refractivity contribution is 5.53. The lowest BCUT2D eigenvalue weighted by Gasteiger charge is -2.08. The first-order valence-electron chi connectivity index (χ1n) is 4.54. The maximum absolute atomic E-state index is 9.80. The van der Waals surface area contributed by atoms with Crippen molar-refractivity contribution in [1.82, 2.24) is 0 Å². The van der Waals surface area contributed by atoms with Crippen LogP contribution in [-0.2, 0) is 0 Å². The van der Waals surface area contributed by atoms with Gasteiger partial charge in [0, 0.05) is 0 Å². The van der Waals surface area contributed by atoms with E-state index in [-0.39, 0.29) is 6.10 Å². The van der Waals surface area contributed by atoms with Gasteiger partial charge in [0.05, 0.1) is 17.7 Å². The van der Waals surface area contributed by atoms with Gasteiger partial charge in [-0.15, -0.1) is 0 Å². The number of benzene rings is 1. The van der Waals surface area contributed by atoms with E-state index >= 15 is 0 Å². The van der Waals surface area contributed by atoms with Crippen molar-refractivity contribution in [3.8, 4) is 6.07 Å². The van der Waals surface area contributed by atoms with E-state index in [2.05, 4.69) is 6.07 Å². The predicted octanol–water partition coefficient (Wildman–Crippen LogP) is 1.71. The van der Waals surface area contributed by atoms with E-state index in [0.29, 0.717) is 11.8 Å². The summed E-state index contributed by atoms with van der Waals surface area (Å²) in [4.78, 5) is 0. The van der Waals surface area contributed by atoms with Crippen molar-refractivity contribution in [3.63, 3.8) is 0 Å². The number of aliphatic hydroxyl groups excluding tert-OH is 1. The number of nitriles is 1. The monoisotopic (exact) mass is 171 g/mol. The highest BCUT2D eigenvalue weighted by atomic mass is 16.3. The van der Waals surface area contributed by atoms with Crippen molar-refractivity contribution in [2.75, 3.05) is 0 Å². The molecule has 3 rings (SSSR count). The minimum Gasteiger partial charge on any atom is -0.388 e. The molecule has 2 heteroatoms. The Balaban J connectivity index is 2.26. The summed E-state index contributed by atoms with van der Waals surface area (Å²) in [6, 6.07) is 7.82. The van der Waals surface area contributed by atoms with Crippen molar-refractivity contribution in [2.45, 2.75) is 18.4 Å². The number of aliphatic hydroxyl groups is 1. The molecule has 1 fully saturated rings. The van der Waals surface area contributed by atoms with Gasteiger partial charge in [-0.25, -0.2) is 0 Å². The second-order valence-corrected chi connectivity index (χ2v) is 3.87. The summed E-state index contributed by atoms with van der Waals surface area (Å²) in [5.41, 5.74) is 2.85. The zero-order valence-electron chi connectivity index (χ0n) is 7.07. The first-order chi connectivity index (χ1) is 6.33. The third-order valence-electron chi connectivity index (χ3n) is 3.20. The van der Waals surface area contributed by atoms with Crippen molar-refractivity contribution >= 4 is 0 Å². The SMILES string of the molecule is N#Cc1cccc2c1C1CC1C2O. The summed E-state index contributed by atoms with van der Waals surface area (Å²) < 4.78 is 0. The molecular formula is C11H9NO. The molecule has 1 saturated carbocycles. The second kappa shape index (κ2) is 2.12. The van der Waals surface area contributed by atoms with Gasteiger partial charge >= 0.3 is 0 Å². The van der Waals surface area contributed by atoms with E-state index in [1.807, 2.05) is 18.2 Å². The van der Waals surface area contributed by atoms with E-state index < -0.39 is 0 Å². The zero-order chi connectivity index (χ0) is 9.00. The molecule has 1 aromatic rings. The van der Waals surface area contributed by atoms with Gasteiger partial charge in [-0.2, -0.15) is 5.26 Å². The molecule has 0 aliphatic heterocycles. The van der Waals surface area contributed by atoms with Gasteiger partial charge in [0.25, 0.3) is 0 Å². The van der Waals surface area contributed by atoms with Crippen LogP contribution in [0, 0.1) is 17.2 Å². The Morgan fingerprint density at radius 2 is 2.31 bits per heavy atom. The summed E-state index contributed by atoms with van der Waals surface area (Å²) in [6.07, 6.45) is 0.751. The van der Waals surface area contributed by atoms with Crippen LogP contribution in [-0.4, -0.2) is 5.11 Å². The number of rotatable bonds is 0. The van der Waals surface area contributed by atoms with Crippen LogP contribution in [0.4, 0.5) is 0 Å². The van der Waals surface area contributed by atoms with Crippen LogP contribution in [0.3, 0.4) is 0 Å². The molecule has 1 aromatic carbocycles. The highest BCUT2D eigenvalue weighted by Gasteiger charge is 2.52. The molecule has 0 spiro atoms. The third kappa shape index (κ3) is 0.751. The van der Waals surface area contributed by atoms with Crippen LogP contribution < -0.4 is 0 Å². The minimum atomic E-state index is -0.312. The summed E-state index contributed by atoms with van der Waals surface area (Å²) in [6.45, 7) is 0. The van der Waals surface area contributed by atoms with E-state index in [4.69, 9.17) is 5.26 Å². The average molecular weight is 171 g/mol. The van der Waals surface area contributed by atoms with Crippen molar-refractivity contribution in [3.05, 3.63) is 34.9 Å². The molecule has 0 amide bonds. The van der Waals surface area contributed by atoms with Crippen molar-refractivity contribution in [2.24, 2.45) is 5.92 Å². The van der Waals surface area contributed by atoms with Gasteiger partial charge in [-0.1, -0.05) is 12.1 Å². The molecule has 0 aromatic heterocycles. The topological polar surface area (TPSA) is 44.0 Å². The molecule has 1 N–H and O–H groups in total. The predicted molar refractivity (Wildman–Crippen MR) is 47.0 cm³/mol. The normalized spacial score (nSPS) is 33.4. The highest BCUT2D eigenvalue weighted by Crippen LogP contribution is 2.62. The molecular weight excluding hydrogens is 162 g/mol. The Labute approximate surface area is 76.4 Å². The fraction of sp³-hybridized carbons (Fsp3) is 0.364. The van der Waals surface area contributed by atoms with E-state index in [1.165, 1.54) is 0 Å². The van der Waals surface area contributed by atoms with Gasteiger partial charge < -0.3 is 5.11 Å². The van der Waals surface area contributed by atoms with Gasteiger partial charge in [0.15, 0.2) is 0 Å². The quantitative estimate of drug-likeness (QED) is 0.645. The standard InChI is InChI=1S/C11H9NO/c12-5-6-2-1-3-7-10(6)8-4-9(8)11(7)13/h1-3,8-9,11,13H,4H2. The Kier molecular flexibility index (Phi) is 1.16. The van der Waals surface area contributed by atoms with Crippen molar-refractivity contribution < 1.29 is 5.11 Å². The van der Waals surface area contributed by atoms with Crippen LogP contribution >= 0.6 is 0 Å². The Hall–Kier alpha value is -1.33. The maximum atomic E-state index is 9.80. The first kappa shape index (κ1) is 7.11. The lowest BCUT2D eigenvalue weighted by atomic mass is 9.99. The Morgan fingerprint density at radius 3 is 3.08 bits per heavy atom. The Bertz CT molecular complexity index is 419. The maximum Gasteiger partial charge on any atom is 0.0994 e. The summed E-state index contributed by atoms with van der Waals surface area (Å²) in [5.74, 6) is 0.880. The molecule has 0 heterocycles. The van der Waals surface area contributed by atoms with Gasteiger partial charge in [0.1, 0.15) is 0 Å². The molecule has 64 valence electrons. The Morgan fingerprint density at radius 1 is 1.46 bits per heavy atom. The van der Waals surface area contributed by atoms with E-state index in [0.717, 1.165) is 23.1 Å². The van der Waals surface area contributed by atoms with Crippen molar-refractivity contribution in [1.29, 1.82) is 5.26 Å². The number of fused-ring (bicyclic) bond motifs is 3. The number of hydrogen-bond acceptors (Lipinski definition) is 2. The first-order valence-corrected chi connectivity index (χ1v) is 4.54. The lowest BCUT2D eigenvalue weighted by molar-refractivity contribution is 0.160. The van der Waals surface area contributed by atoms with Gasteiger partial charge in [-0.3, -0.25) is 0 Å². The van der Waals surface area contributed by atoms with Gasteiger partial charge in [-0.05, 0) is 35.4 Å². The fourth-order valence-corrected chi connectivity index (χ4v) is 2.48. The molecule has 3 unspecified atom stereocenters. The molecule has 0 bridgehead atoms. The summed E-state index contributed by atoms with van der Waals surface area (Å²) in [7, 11) is 0. The largest absolute Gasteiger partial charge is 0.388 e. The number of nitrogens with zero attached hydrogens (tertiary/aromatic N) is 1. The van der Waals surface area contributed by atoms with E-state index in [1.54, 1.807) is 0 Å². The summed E-state index contributed by atoms with van der Waals surface area (Å²) >= 11 is 0. The molecule has 2 aliphatic rings. The molecule has 0 saturated heterocycles. The van der Waals surface area contributed by atoms with Crippen LogP contribution in [0.15, 0.2) is 18.2 Å². The molecule has 2 nitrogen and oxygen atoms in total. The van der Waals surface area contributed by atoms with Crippen LogP contribution in [0.25, 0.3) is 0 Å². The fourth-order valence-electron chi connectivity index (χ4n) is 2.48. The average Bonchev–Trinajstić information content (AvgIpc) is 2.90. The zero-order valence-corrected chi connectivity index (χ0v) is 7.07. The third-order valence-corrected chi connectivity index (χ3v) is 3.20. The minimum absolute atomic E-state index is 0.312. The van der Waals surface area contributed by atoms with Crippen LogP contribution in [0.1, 0.15) is 35.1 Å². The van der Waals surface area contributed by atoms with Crippen LogP contribution in [0.5, 0.6) is 0 Å². The molecule has 2 aliphatic carbocycles. The molecule has 0 radical (unpaired) electrons. The second-order valence-electron chi connectivity index (χ2n) is 3.87. The van der Waals surface area contributed by atoms with Gasteiger partial charge in [0.2, 0.25) is 0 Å². The van der Waals surface area contributed by atoms with Crippen LogP contribution in [0.2, 0.25) is 0 Å². The number of hydrogen-bond donors (Lipinski definition) is 1. The van der Waals surface area contributed by atoms with E-state index in [9.17, 15) is 5.11 Å². The molecule has 3 atom stereocenters. The summed E-state index contributed by atoms with van der Waals surface area (Å²) in [5, 5.41) is 18.7. The smallest absolute Gasteiger partial charge is 0.0994 e. The lowest BCUT2D eigenvalue weighted by Crippen LogP contribution is -1.97.